The summed E-state index contributed by atoms with van der Waals surface area (Å²) >= 11 is 0. The largest absolute Gasteiger partial charge is 0.748 e. The first-order chi connectivity index (χ1) is 18.0. The molecule has 0 heterocycles. The number of hydrogen-bond acceptors (Lipinski definition) is 7. The van der Waals surface area contributed by atoms with Gasteiger partial charge in [-0.1, -0.05) is 48.5 Å². The number of ether oxygens (including phenoxy) is 2. The van der Waals surface area contributed by atoms with Crippen molar-refractivity contribution in [2.45, 2.75) is 49.1 Å². The first-order valence-electron chi connectivity index (χ1n) is 11.7. The van der Waals surface area contributed by atoms with E-state index in [1.54, 1.807) is 0 Å². The fraction of sp³-hybridized carbons (Fsp3) is 0.440. The normalized spacial score (nSPS) is 20.6. The molecule has 212 valence electrons. The van der Waals surface area contributed by atoms with E-state index in [1.807, 2.05) is 48.5 Å². The fourth-order valence-electron chi connectivity index (χ4n) is 5.36. The standard InChI is InChI=1S/C25H22F6O7S/c26-24(27,28)23(25(29,30)31,13-39(34,35)36)38-21(33)10-9-20(32)37-12-14-11-19-15-5-1-3-7-17(15)22(14)18-8-4-2-6-16(18)19/h1-8,14,19,22H,9-13H2,(H,34,35,36)/p-1. The third-order valence-corrected chi connectivity index (χ3v) is 7.76. The molecule has 0 fully saturated rings. The minimum atomic E-state index is -6.48. The van der Waals surface area contributed by atoms with Crippen molar-refractivity contribution < 1.29 is 58.4 Å². The molecule has 5 rings (SSSR count). The number of carbonyl (C=O) groups is 2. The molecule has 0 radical (unpaired) electrons. The highest BCUT2D eigenvalue weighted by Gasteiger charge is 2.75. The molecule has 7 nitrogen and oxygen atoms in total. The lowest BCUT2D eigenvalue weighted by Crippen LogP contribution is -2.63. The number of hydrogen-bond donors (Lipinski definition) is 0. The summed E-state index contributed by atoms with van der Waals surface area (Å²) in [5, 5.41) is 0. The molecule has 0 amide bonds. The van der Waals surface area contributed by atoms with Crippen LogP contribution in [0.1, 0.15) is 53.4 Å². The van der Waals surface area contributed by atoms with Crippen LogP contribution in [0.5, 0.6) is 0 Å². The topological polar surface area (TPSA) is 110 Å². The van der Waals surface area contributed by atoms with Gasteiger partial charge in [-0.05, 0) is 28.7 Å². The summed E-state index contributed by atoms with van der Waals surface area (Å²) in [6.45, 7) is -0.110. The third-order valence-electron chi connectivity index (χ3n) is 7.00. The highest BCUT2D eigenvalue weighted by atomic mass is 32.2. The maximum Gasteiger partial charge on any atom is 0.438 e. The number of alkyl halides is 6. The summed E-state index contributed by atoms with van der Waals surface area (Å²) in [6, 6.07) is 15.6. The molecule has 0 saturated carbocycles. The number of rotatable bonds is 8. The molecule has 1 unspecified atom stereocenters. The lowest BCUT2D eigenvalue weighted by atomic mass is 9.59. The lowest BCUT2D eigenvalue weighted by Gasteiger charge is -2.45. The highest BCUT2D eigenvalue weighted by molar-refractivity contribution is 7.85. The van der Waals surface area contributed by atoms with Gasteiger partial charge in [-0.2, -0.15) is 26.3 Å². The molecule has 0 aromatic heterocycles. The van der Waals surface area contributed by atoms with E-state index in [1.165, 1.54) is 0 Å². The van der Waals surface area contributed by atoms with Gasteiger partial charge in [0.25, 0.3) is 0 Å². The third kappa shape index (κ3) is 5.62. The van der Waals surface area contributed by atoms with E-state index in [4.69, 9.17) is 4.74 Å². The van der Waals surface area contributed by atoms with Crippen LogP contribution >= 0.6 is 0 Å². The molecule has 0 saturated heterocycles. The van der Waals surface area contributed by atoms with Gasteiger partial charge >= 0.3 is 29.9 Å². The molecule has 39 heavy (non-hydrogen) atoms. The maximum absolute atomic E-state index is 13.3. The number of halogens is 6. The van der Waals surface area contributed by atoms with E-state index < -0.39 is 58.6 Å². The Morgan fingerprint density at radius 3 is 1.74 bits per heavy atom. The van der Waals surface area contributed by atoms with Crippen LogP contribution in [0.2, 0.25) is 0 Å². The molecular formula is C25H21F6O7S-. The van der Waals surface area contributed by atoms with E-state index in [9.17, 15) is 48.9 Å². The second-order valence-corrected chi connectivity index (χ2v) is 10.9. The van der Waals surface area contributed by atoms with Gasteiger partial charge in [-0.15, -0.1) is 0 Å². The van der Waals surface area contributed by atoms with Gasteiger partial charge < -0.3 is 14.0 Å². The maximum atomic E-state index is 13.3. The van der Waals surface area contributed by atoms with Crippen molar-refractivity contribution in [3.8, 4) is 0 Å². The molecule has 14 heteroatoms. The monoisotopic (exact) mass is 579 g/mol. The van der Waals surface area contributed by atoms with Crippen molar-refractivity contribution in [3.05, 3.63) is 70.8 Å². The molecule has 3 aliphatic carbocycles. The van der Waals surface area contributed by atoms with E-state index in [0.717, 1.165) is 22.3 Å². The molecule has 2 aromatic rings. The van der Waals surface area contributed by atoms with Crippen LogP contribution in [0.4, 0.5) is 26.3 Å². The predicted molar refractivity (Wildman–Crippen MR) is 120 cm³/mol. The van der Waals surface area contributed by atoms with Crippen molar-refractivity contribution in [3.63, 3.8) is 0 Å². The minimum absolute atomic E-state index is 0.0521. The number of fused-ring (bicyclic) bond motifs is 1. The molecule has 2 aromatic carbocycles. The fourth-order valence-corrected chi connectivity index (χ4v) is 6.25. The van der Waals surface area contributed by atoms with Crippen molar-refractivity contribution in [1.82, 2.24) is 0 Å². The number of carbonyl (C=O) groups excluding carboxylic acids is 2. The highest BCUT2D eigenvalue weighted by Crippen LogP contribution is 2.55. The van der Waals surface area contributed by atoms with Gasteiger partial charge in [0.05, 0.1) is 35.3 Å². The van der Waals surface area contributed by atoms with Crippen molar-refractivity contribution >= 4 is 22.1 Å². The van der Waals surface area contributed by atoms with Gasteiger partial charge in [-0.25, -0.2) is 8.42 Å². The van der Waals surface area contributed by atoms with Crippen LogP contribution in [-0.4, -0.2) is 55.2 Å². The molecule has 0 aliphatic heterocycles. The summed E-state index contributed by atoms with van der Waals surface area (Å²) in [6.07, 6.45) is -14.5. The molecule has 3 aliphatic rings. The van der Waals surface area contributed by atoms with Crippen LogP contribution in [0.25, 0.3) is 0 Å². The van der Waals surface area contributed by atoms with Gasteiger partial charge in [0.1, 0.15) is 0 Å². The van der Waals surface area contributed by atoms with Crippen LogP contribution in [0, 0.1) is 5.92 Å². The second-order valence-electron chi connectivity index (χ2n) is 9.47. The minimum Gasteiger partial charge on any atom is -0.748 e. The van der Waals surface area contributed by atoms with Gasteiger partial charge in [0.15, 0.2) is 0 Å². The molecule has 0 N–H and O–H groups in total. The predicted octanol–water partition coefficient (Wildman–Crippen LogP) is 4.56. The Balaban J connectivity index is 1.40. The Bertz CT molecular complexity index is 1310. The second kappa shape index (κ2) is 10.1. The average molecular weight is 579 g/mol. The molecule has 0 spiro atoms. The zero-order valence-corrected chi connectivity index (χ0v) is 20.7. The van der Waals surface area contributed by atoms with E-state index in [-0.39, 0.29) is 24.4 Å². The van der Waals surface area contributed by atoms with E-state index >= 15 is 0 Å². The Morgan fingerprint density at radius 1 is 0.821 bits per heavy atom. The van der Waals surface area contributed by atoms with Crippen LogP contribution in [-0.2, 0) is 29.2 Å². The van der Waals surface area contributed by atoms with Crippen molar-refractivity contribution in [1.29, 1.82) is 0 Å². The lowest BCUT2D eigenvalue weighted by molar-refractivity contribution is -0.361. The summed E-state index contributed by atoms with van der Waals surface area (Å²) in [7, 11) is -6.15. The Hall–Kier alpha value is -3.13. The van der Waals surface area contributed by atoms with Crippen molar-refractivity contribution in [2.75, 3.05) is 12.4 Å². The van der Waals surface area contributed by atoms with E-state index in [2.05, 4.69) is 4.74 Å². The Labute approximate surface area is 218 Å². The van der Waals surface area contributed by atoms with Gasteiger partial charge in [0.2, 0.25) is 0 Å². The van der Waals surface area contributed by atoms with E-state index in [0.29, 0.717) is 6.42 Å². The smallest absolute Gasteiger partial charge is 0.438 e. The zero-order chi connectivity index (χ0) is 28.8. The molecule has 2 bridgehead atoms. The summed E-state index contributed by atoms with van der Waals surface area (Å²) in [4.78, 5) is 24.2. The van der Waals surface area contributed by atoms with Crippen LogP contribution in [0.3, 0.4) is 0 Å². The summed E-state index contributed by atoms with van der Waals surface area (Å²) < 4.78 is 121. The number of benzene rings is 2. The molecule has 1 atom stereocenters. The Kier molecular flexibility index (Phi) is 7.49. The van der Waals surface area contributed by atoms with Crippen LogP contribution in [0.15, 0.2) is 48.5 Å². The van der Waals surface area contributed by atoms with Gasteiger partial charge in [-0.3, -0.25) is 9.59 Å². The first-order valence-corrected chi connectivity index (χ1v) is 13.2. The molecular weight excluding hydrogens is 558 g/mol. The van der Waals surface area contributed by atoms with Crippen molar-refractivity contribution in [2.24, 2.45) is 5.92 Å². The quantitative estimate of drug-likeness (QED) is 0.256. The zero-order valence-electron chi connectivity index (χ0n) is 19.9. The average Bonchev–Trinajstić information content (AvgIpc) is 2.84. The summed E-state index contributed by atoms with van der Waals surface area (Å²) in [5.74, 6) is -6.57. The van der Waals surface area contributed by atoms with Crippen LogP contribution < -0.4 is 0 Å². The summed E-state index contributed by atoms with van der Waals surface area (Å²) in [5.41, 5.74) is -1.13. The Morgan fingerprint density at radius 2 is 1.28 bits per heavy atom. The first kappa shape index (κ1) is 28.9. The number of esters is 2. The SMILES string of the molecule is O=C(CCC(=O)OC(CS(=O)(=O)[O-])(C(F)(F)F)C(F)(F)F)OCC1CC2c3ccccc3C1c1ccccc12. The van der Waals surface area contributed by atoms with Gasteiger partial charge in [0, 0.05) is 17.8 Å².